The van der Waals surface area contributed by atoms with Crippen molar-refractivity contribution in [2.75, 3.05) is 7.11 Å². The molecule has 1 aromatic heterocycles. The summed E-state index contributed by atoms with van der Waals surface area (Å²) in [7, 11) is 1.56. The molecule has 1 heterocycles. The Bertz CT molecular complexity index is 753. The molecule has 0 spiro atoms. The van der Waals surface area contributed by atoms with E-state index in [1.807, 2.05) is 24.3 Å². The highest BCUT2D eigenvalue weighted by Gasteiger charge is 2.20. The molecule has 0 unspecified atom stereocenters. The maximum atomic E-state index is 9.06. The van der Waals surface area contributed by atoms with Crippen LogP contribution in [0, 0.1) is 5.39 Å². The van der Waals surface area contributed by atoms with Crippen molar-refractivity contribution >= 4 is 27.6 Å². The number of benzene rings is 2. The van der Waals surface area contributed by atoms with Crippen molar-refractivity contribution in [2.24, 2.45) is 0 Å². The van der Waals surface area contributed by atoms with E-state index in [1.54, 1.807) is 19.2 Å². The van der Waals surface area contributed by atoms with Gasteiger partial charge in [-0.25, -0.2) is 0 Å². The Labute approximate surface area is 97.0 Å². The summed E-state index contributed by atoms with van der Waals surface area (Å²) in [5.41, 5.74) is 1.86. The largest absolute Gasteiger partial charge is 0.496 e. The van der Waals surface area contributed by atoms with Crippen LogP contribution in [0.5, 0.6) is 5.75 Å². The van der Waals surface area contributed by atoms with Crippen LogP contribution in [0.3, 0.4) is 0 Å². The van der Waals surface area contributed by atoms with Gasteiger partial charge in [0.15, 0.2) is 4.98 Å². The zero-order valence-electron chi connectivity index (χ0n) is 9.18. The summed E-state index contributed by atoms with van der Waals surface area (Å²) in [4.78, 5) is 3.29. The summed E-state index contributed by atoms with van der Waals surface area (Å²) in [5.74, 6) is 0.601. The molecule has 2 aromatic carbocycles. The first kappa shape index (κ1) is 9.67. The van der Waals surface area contributed by atoms with Gasteiger partial charge in [0.05, 0.1) is 13.2 Å². The topological polar surface area (TPSA) is 50.5 Å². The number of hydrogen-bond donors (Lipinski definition) is 0. The van der Waals surface area contributed by atoms with Crippen LogP contribution >= 0.6 is 0 Å². The quantitative estimate of drug-likeness (QED) is 0.586. The number of diazo groups is 1. The smallest absolute Gasteiger partial charge is 0.400 e. The predicted octanol–water partition coefficient (Wildman–Crippen LogP) is 4.08. The van der Waals surface area contributed by atoms with Gasteiger partial charge in [0.2, 0.25) is 5.39 Å². The fourth-order valence-electron chi connectivity index (χ4n) is 2.00. The van der Waals surface area contributed by atoms with Crippen LogP contribution < -0.4 is 4.74 Å². The zero-order valence-corrected chi connectivity index (χ0v) is 9.18. The van der Waals surface area contributed by atoms with Gasteiger partial charge < -0.3 is 9.15 Å². The Morgan fingerprint density at radius 2 is 2.00 bits per heavy atom. The number of ether oxygens (including phenoxy) is 1. The van der Waals surface area contributed by atoms with E-state index in [-0.39, 0.29) is 0 Å². The standard InChI is InChI=1S/C13H9N2O2/c1-16-8-6-10(15-14)13-9-4-2-3-5-11(9)17-12(13)7-8/h2-7H,1H3/q+1. The number of fused-ring (bicyclic) bond motifs is 3. The Hall–Kier alpha value is -2.54. The molecule has 0 aliphatic heterocycles. The second-order valence-corrected chi connectivity index (χ2v) is 3.72. The minimum atomic E-state index is 0.448. The number of hydrogen-bond acceptors (Lipinski definition) is 3. The third-order valence-electron chi connectivity index (χ3n) is 2.77. The Kier molecular flexibility index (Phi) is 1.99. The van der Waals surface area contributed by atoms with Crippen molar-refractivity contribution in [1.82, 2.24) is 0 Å². The summed E-state index contributed by atoms with van der Waals surface area (Å²) < 4.78 is 10.8. The van der Waals surface area contributed by atoms with Gasteiger partial charge >= 0.3 is 5.69 Å². The summed E-state index contributed by atoms with van der Waals surface area (Å²) >= 11 is 0. The number of furan rings is 1. The molecule has 0 saturated heterocycles. The highest BCUT2D eigenvalue weighted by molar-refractivity contribution is 6.12. The van der Waals surface area contributed by atoms with E-state index in [4.69, 9.17) is 14.5 Å². The molecule has 0 fully saturated rings. The molecule has 17 heavy (non-hydrogen) atoms. The fourth-order valence-corrected chi connectivity index (χ4v) is 2.00. The summed E-state index contributed by atoms with van der Waals surface area (Å²) in [6.07, 6.45) is 0. The summed E-state index contributed by atoms with van der Waals surface area (Å²) in [5, 5.41) is 10.8. The monoisotopic (exact) mass is 225 g/mol. The van der Waals surface area contributed by atoms with Crippen molar-refractivity contribution in [1.29, 1.82) is 5.39 Å². The third kappa shape index (κ3) is 1.33. The van der Waals surface area contributed by atoms with E-state index in [0.717, 1.165) is 16.4 Å². The highest BCUT2D eigenvalue weighted by Crippen LogP contribution is 2.38. The van der Waals surface area contributed by atoms with Gasteiger partial charge in [-0.2, -0.15) is 0 Å². The minimum Gasteiger partial charge on any atom is -0.496 e. The number of rotatable bonds is 1. The Morgan fingerprint density at radius 1 is 1.18 bits per heavy atom. The number of para-hydroxylation sites is 1. The van der Waals surface area contributed by atoms with Gasteiger partial charge in [-0.05, 0) is 6.07 Å². The van der Waals surface area contributed by atoms with Crippen molar-refractivity contribution in [2.45, 2.75) is 0 Å². The van der Waals surface area contributed by atoms with Crippen molar-refractivity contribution < 1.29 is 9.15 Å². The van der Waals surface area contributed by atoms with Gasteiger partial charge in [-0.1, -0.05) is 18.2 Å². The highest BCUT2D eigenvalue weighted by atomic mass is 16.5. The van der Waals surface area contributed by atoms with Gasteiger partial charge in [-0.3, -0.25) is 0 Å². The molecule has 0 aliphatic carbocycles. The lowest BCUT2D eigenvalue weighted by molar-refractivity contribution is 0.415. The van der Waals surface area contributed by atoms with E-state index in [0.29, 0.717) is 17.0 Å². The zero-order chi connectivity index (χ0) is 11.8. The molecular formula is C13H9N2O2+. The van der Waals surface area contributed by atoms with Gasteiger partial charge in [-0.15, -0.1) is 0 Å². The molecule has 3 aromatic rings. The number of nitrogens with zero attached hydrogens (tertiary/aromatic N) is 2. The first-order valence-corrected chi connectivity index (χ1v) is 5.18. The molecule has 0 radical (unpaired) electrons. The molecule has 4 heteroatoms. The Balaban J connectivity index is 2.53. The fraction of sp³-hybridized carbons (Fsp3) is 0.0769. The van der Waals surface area contributed by atoms with Gasteiger partial charge in [0.25, 0.3) is 0 Å². The van der Waals surface area contributed by atoms with E-state index in [1.165, 1.54) is 0 Å². The summed E-state index contributed by atoms with van der Waals surface area (Å²) in [6.45, 7) is 0. The molecule has 0 N–H and O–H groups in total. The average molecular weight is 225 g/mol. The first-order valence-electron chi connectivity index (χ1n) is 5.18. The predicted molar refractivity (Wildman–Crippen MR) is 65.0 cm³/mol. The first-order chi connectivity index (χ1) is 8.33. The lowest BCUT2D eigenvalue weighted by atomic mass is 10.1. The lowest BCUT2D eigenvalue weighted by Crippen LogP contribution is -1.81. The molecule has 0 saturated carbocycles. The molecule has 3 rings (SSSR count). The van der Waals surface area contributed by atoms with Crippen molar-refractivity contribution in [3.05, 3.63) is 41.4 Å². The molecule has 4 nitrogen and oxygen atoms in total. The van der Waals surface area contributed by atoms with Crippen LogP contribution in [0.4, 0.5) is 5.69 Å². The van der Waals surface area contributed by atoms with E-state index < -0.39 is 0 Å². The molecular weight excluding hydrogens is 216 g/mol. The molecule has 0 atom stereocenters. The van der Waals surface area contributed by atoms with Crippen LogP contribution in [-0.4, -0.2) is 7.11 Å². The second-order valence-electron chi connectivity index (χ2n) is 3.72. The van der Waals surface area contributed by atoms with E-state index >= 15 is 0 Å². The molecule has 0 amide bonds. The van der Waals surface area contributed by atoms with Crippen molar-refractivity contribution in [3.8, 4) is 5.75 Å². The summed E-state index contributed by atoms with van der Waals surface area (Å²) in [6, 6.07) is 11.1. The number of methoxy groups -OCH3 is 1. The van der Waals surface area contributed by atoms with Crippen LogP contribution in [0.2, 0.25) is 0 Å². The van der Waals surface area contributed by atoms with E-state index in [2.05, 4.69) is 4.98 Å². The minimum absolute atomic E-state index is 0.448. The SMILES string of the molecule is COc1cc([N+]#N)c2c(c1)oc1ccccc12. The van der Waals surface area contributed by atoms with Gasteiger partial charge in [0, 0.05) is 11.5 Å². The van der Waals surface area contributed by atoms with Gasteiger partial charge in [0.1, 0.15) is 22.3 Å². The molecule has 82 valence electrons. The maximum absolute atomic E-state index is 9.06. The lowest BCUT2D eigenvalue weighted by Gasteiger charge is -1.95. The normalized spacial score (nSPS) is 10.6. The molecule has 0 aliphatic rings. The van der Waals surface area contributed by atoms with Crippen LogP contribution in [-0.2, 0) is 0 Å². The second kappa shape index (κ2) is 3.49. The average Bonchev–Trinajstić information content (AvgIpc) is 2.75. The van der Waals surface area contributed by atoms with Crippen molar-refractivity contribution in [3.63, 3.8) is 0 Å². The van der Waals surface area contributed by atoms with Crippen LogP contribution in [0.25, 0.3) is 26.9 Å². The van der Waals surface area contributed by atoms with Crippen LogP contribution in [0.1, 0.15) is 0 Å². The third-order valence-corrected chi connectivity index (χ3v) is 2.77. The maximum Gasteiger partial charge on any atom is 0.400 e. The Morgan fingerprint density at radius 3 is 2.76 bits per heavy atom. The van der Waals surface area contributed by atoms with E-state index in [9.17, 15) is 0 Å². The molecule has 0 bridgehead atoms. The van der Waals surface area contributed by atoms with Crippen LogP contribution in [0.15, 0.2) is 40.8 Å².